The molecule has 12 N–H and O–H groups in total. The highest BCUT2D eigenvalue weighted by Gasteiger charge is 2.47. The van der Waals surface area contributed by atoms with E-state index in [1.54, 1.807) is 6.92 Å². The smallest absolute Gasteiger partial charge is 0.387 e. The van der Waals surface area contributed by atoms with Crippen molar-refractivity contribution < 1.29 is 80.9 Å². The number of aliphatic hydroxyl groups is 1. The number of thioether (sulfide) groups is 1. The molecule has 8 amide bonds. The summed E-state index contributed by atoms with van der Waals surface area (Å²) in [4.78, 5) is 120. The van der Waals surface area contributed by atoms with Gasteiger partial charge in [0.1, 0.15) is 6.04 Å². The van der Waals surface area contributed by atoms with Crippen molar-refractivity contribution in [3.8, 4) is 0 Å². The quantitative estimate of drug-likeness (QED) is 0.00824. The molecule has 0 aromatic rings. The van der Waals surface area contributed by atoms with Gasteiger partial charge in [-0.3, -0.25) is 48.2 Å². The molecule has 1 fully saturated rings. The summed E-state index contributed by atoms with van der Waals surface area (Å²) in [5.74, 6) is -5.36. The van der Waals surface area contributed by atoms with Gasteiger partial charge in [0.05, 0.1) is 37.5 Å². The lowest BCUT2D eigenvalue weighted by atomic mass is 10.1. The lowest BCUT2D eigenvalue weighted by Crippen LogP contribution is -2.44. The van der Waals surface area contributed by atoms with Crippen molar-refractivity contribution >= 4 is 81.4 Å². The second-order valence-electron chi connectivity index (χ2n) is 14.4. The molecular weight excluding hydrogens is 936 g/mol. The van der Waals surface area contributed by atoms with Crippen molar-refractivity contribution in [3.05, 3.63) is 0 Å². The van der Waals surface area contributed by atoms with Crippen LogP contribution in [0.1, 0.15) is 90.4 Å². The number of rotatable bonds is 39. The number of aliphatic imine (C=N–C) groups is 1. The number of nitrogens with two attached hydrogens (primary N) is 2. The fourth-order valence-electron chi connectivity index (χ4n) is 5.77. The first kappa shape index (κ1) is 59.7. The van der Waals surface area contributed by atoms with Crippen molar-refractivity contribution in [3.63, 3.8) is 0 Å². The Morgan fingerprint density at radius 1 is 0.773 bits per heavy atom. The topological polar surface area (TPSA) is 396 Å². The van der Waals surface area contributed by atoms with Crippen molar-refractivity contribution in [1.82, 2.24) is 31.5 Å². The zero-order valence-corrected chi connectivity index (χ0v) is 39.6. The summed E-state index contributed by atoms with van der Waals surface area (Å²) in [6.45, 7) is 3.96. The van der Waals surface area contributed by atoms with E-state index in [0.717, 1.165) is 4.90 Å². The maximum atomic E-state index is 12.9. The van der Waals surface area contributed by atoms with Gasteiger partial charge in [-0.2, -0.15) is 0 Å². The van der Waals surface area contributed by atoms with E-state index in [1.165, 1.54) is 11.8 Å². The van der Waals surface area contributed by atoms with Gasteiger partial charge in [0.15, 0.2) is 0 Å². The van der Waals surface area contributed by atoms with E-state index in [4.69, 9.17) is 30.7 Å². The summed E-state index contributed by atoms with van der Waals surface area (Å²) in [7, 11) is -6.66. The molecule has 0 aromatic heterocycles. The monoisotopic (exact) mass is 1000 g/mol. The van der Waals surface area contributed by atoms with Crippen LogP contribution in [0, 0.1) is 0 Å². The molecule has 0 bridgehead atoms. The molecule has 4 atom stereocenters. The first-order chi connectivity index (χ1) is 31.3. The normalized spacial score (nSPS) is 15.7. The molecular formula is C37H65N9O17P2S+2. The molecule has 0 saturated carbocycles. The van der Waals surface area contributed by atoms with Crippen LogP contribution in [0.4, 0.5) is 0 Å². The Kier molecular flexibility index (Phi) is 31.6. The van der Waals surface area contributed by atoms with Crippen LogP contribution in [-0.4, -0.2) is 162 Å². The molecule has 0 spiro atoms. The Balaban J connectivity index is 2.18. The Morgan fingerprint density at radius 2 is 1.32 bits per heavy atom. The molecule has 1 heterocycles. The largest absolute Gasteiger partial charge is 0.700 e. The molecule has 0 aromatic carbocycles. The third-order valence-electron chi connectivity index (χ3n) is 9.03. The highest BCUT2D eigenvalue weighted by atomic mass is 32.2. The first-order valence-corrected chi connectivity index (χ1v) is 24.6. The van der Waals surface area contributed by atoms with Crippen LogP contribution in [-0.2, 0) is 66.0 Å². The number of imide groups is 1. The van der Waals surface area contributed by atoms with Crippen LogP contribution in [0.2, 0.25) is 0 Å². The Morgan fingerprint density at radius 3 is 1.88 bits per heavy atom. The number of likely N-dealkylation sites (tertiary alicyclic amines) is 1. The lowest BCUT2D eigenvalue weighted by Gasteiger charge is -2.16. The maximum absolute atomic E-state index is 12.9. The summed E-state index contributed by atoms with van der Waals surface area (Å²) in [6, 6.07) is -0.982. The number of carbonyl (C=O) groups excluding carboxylic acids is 8. The molecule has 1 rings (SSSR count). The van der Waals surface area contributed by atoms with Crippen molar-refractivity contribution in [1.29, 1.82) is 0 Å². The third kappa shape index (κ3) is 29.4. The van der Waals surface area contributed by atoms with Crippen LogP contribution in [0.15, 0.2) is 4.99 Å². The van der Waals surface area contributed by atoms with Gasteiger partial charge in [0.25, 0.3) is 0 Å². The minimum atomic E-state index is -3.33. The second kappa shape index (κ2) is 34.9. The van der Waals surface area contributed by atoms with Crippen LogP contribution in [0.5, 0.6) is 0 Å². The number of nitrogens with zero attached hydrogens (tertiary/aromatic N) is 2. The first-order valence-electron chi connectivity index (χ1n) is 21.3. The molecule has 3 unspecified atom stereocenters. The molecule has 1 aliphatic rings. The van der Waals surface area contributed by atoms with E-state index >= 15 is 0 Å². The number of hydrogen-bond donors (Lipinski definition) is 10. The SMILES string of the molecule is CCNC(=O)CCC(=O)NCCOCCOCCNC(=O)CCC(=O)N[C@@H](CCCCNC(=O)CCN1C(=O)CC(SCCCC(N)=NCCCC(O)(O[P+](=O)O)O[P+](=O)O)C1=O)C(N)=O. The van der Waals surface area contributed by atoms with Crippen molar-refractivity contribution in [2.75, 3.05) is 71.4 Å². The molecule has 26 nitrogen and oxygen atoms in total. The molecule has 374 valence electrons. The average molecular weight is 1000 g/mol. The number of unbranched alkanes of at least 4 members (excludes halogenated alkanes) is 1. The Hall–Kier alpha value is -4.30. The summed E-state index contributed by atoms with van der Waals surface area (Å²) >= 11 is 1.27. The van der Waals surface area contributed by atoms with E-state index < -0.39 is 69.7 Å². The van der Waals surface area contributed by atoms with E-state index in [9.17, 15) is 52.6 Å². The molecule has 29 heteroatoms. The highest BCUT2D eigenvalue weighted by Crippen LogP contribution is 2.35. The summed E-state index contributed by atoms with van der Waals surface area (Å²) in [5.41, 5.74) is 11.3. The number of ether oxygens (including phenoxy) is 2. The van der Waals surface area contributed by atoms with E-state index in [1.807, 2.05) is 0 Å². The zero-order valence-electron chi connectivity index (χ0n) is 37.0. The molecule has 0 aliphatic carbocycles. The summed E-state index contributed by atoms with van der Waals surface area (Å²) < 4.78 is 41.0. The zero-order chi connectivity index (χ0) is 49.3. The predicted octanol–water partition coefficient (Wildman–Crippen LogP) is -1.65. The minimum Gasteiger partial charge on any atom is -0.387 e. The summed E-state index contributed by atoms with van der Waals surface area (Å²) in [6.07, 6.45) is 1.22. The highest BCUT2D eigenvalue weighted by molar-refractivity contribution is 8.00. The van der Waals surface area contributed by atoms with E-state index in [-0.39, 0.29) is 128 Å². The third-order valence-corrected chi connectivity index (χ3v) is 11.2. The Bertz CT molecular complexity index is 1650. The number of hydrogen-bond acceptors (Lipinski definition) is 17. The van der Waals surface area contributed by atoms with Crippen LogP contribution < -0.4 is 38.1 Å². The number of carbonyl (C=O) groups is 8. The van der Waals surface area contributed by atoms with Gasteiger partial charge in [-0.15, -0.1) is 21.5 Å². The average Bonchev–Trinajstić information content (AvgIpc) is 3.51. The van der Waals surface area contributed by atoms with Gasteiger partial charge in [-0.25, -0.2) is 0 Å². The van der Waals surface area contributed by atoms with Gasteiger partial charge in [0, 0.05) is 99.8 Å². The Labute approximate surface area is 388 Å². The van der Waals surface area contributed by atoms with Crippen LogP contribution in [0.3, 0.4) is 0 Å². The fourth-order valence-corrected chi connectivity index (χ4v) is 7.70. The number of primary amides is 1. The maximum Gasteiger partial charge on any atom is 0.700 e. The minimum absolute atomic E-state index is 0.0178. The molecule has 0 radical (unpaired) electrons. The number of amidine groups is 1. The van der Waals surface area contributed by atoms with Gasteiger partial charge in [0.2, 0.25) is 47.3 Å². The fraction of sp³-hybridized carbons (Fsp3) is 0.757. The molecule has 1 aliphatic heterocycles. The molecule has 66 heavy (non-hydrogen) atoms. The van der Waals surface area contributed by atoms with E-state index in [2.05, 4.69) is 40.6 Å². The van der Waals surface area contributed by atoms with Crippen molar-refractivity contribution in [2.45, 2.75) is 108 Å². The van der Waals surface area contributed by atoms with Gasteiger partial charge < -0.3 is 52.6 Å². The van der Waals surface area contributed by atoms with Gasteiger partial charge in [-0.1, -0.05) is 0 Å². The molecule has 1 saturated heterocycles. The summed E-state index contributed by atoms with van der Waals surface area (Å²) in [5, 5.41) is 22.5. The van der Waals surface area contributed by atoms with Crippen molar-refractivity contribution in [2.24, 2.45) is 16.5 Å². The standard InChI is InChI=1S/C37H63N9O17P2S/c1-2-40-29(47)9-10-30(48)43-17-20-60-22-23-61-21-18-44-31(49)11-12-33(51)45-26(35(39)53)7-3-4-15-42-32(50)13-19-46-34(52)25-27(36(46)54)66-24-5-8-28(38)41-16-6-14-37(55,62-64(56)57)63-65(58)59/h26-27,55H,2-25H2,1H3,(H9-2,38,39,40,41,42,43,44,45,47,48,49,50,51,53,56,57,58,59)/p+2/t26-,27?/m0/s1. The predicted molar refractivity (Wildman–Crippen MR) is 237 cm³/mol. The number of nitrogens with one attached hydrogen (secondary N) is 5. The van der Waals surface area contributed by atoms with E-state index in [0.29, 0.717) is 44.5 Å². The number of amides is 8. The van der Waals surface area contributed by atoms with Gasteiger partial charge >= 0.3 is 22.5 Å². The van der Waals surface area contributed by atoms with Crippen LogP contribution >= 0.6 is 28.3 Å². The van der Waals surface area contributed by atoms with Crippen LogP contribution in [0.25, 0.3) is 0 Å². The lowest BCUT2D eigenvalue weighted by molar-refractivity contribution is -0.277. The second-order valence-corrected chi connectivity index (χ2v) is 17.0. The van der Waals surface area contributed by atoms with Gasteiger partial charge in [-0.05, 0) is 53.8 Å².